The van der Waals surface area contributed by atoms with Crippen molar-refractivity contribution in [2.75, 3.05) is 13.1 Å². The van der Waals surface area contributed by atoms with Gasteiger partial charge < -0.3 is 5.11 Å². The molecule has 1 aromatic rings. The maximum Gasteiger partial charge on any atom is 0.328 e. The summed E-state index contributed by atoms with van der Waals surface area (Å²) >= 11 is 1.37. The van der Waals surface area contributed by atoms with Crippen LogP contribution in [0.4, 0.5) is 0 Å². The standard InChI is InChI=1S/C13H18N2O4S2/c16-13(17)7-6-11-4-5-12(20-11)10-14-21(18,19)15-8-2-1-3-9-15/h4-7,14H,1-3,8-10H2,(H,16,17). The molecule has 1 aliphatic heterocycles. The molecule has 2 rings (SSSR count). The van der Waals surface area contributed by atoms with Crippen LogP contribution < -0.4 is 4.72 Å². The number of carboxylic acids is 1. The molecule has 0 aromatic carbocycles. The van der Waals surface area contributed by atoms with Crippen molar-refractivity contribution in [3.8, 4) is 0 Å². The fraction of sp³-hybridized carbons (Fsp3) is 0.462. The third-order valence-corrected chi connectivity index (χ3v) is 5.76. The Labute approximate surface area is 128 Å². The van der Waals surface area contributed by atoms with Crippen LogP contribution in [0.5, 0.6) is 0 Å². The van der Waals surface area contributed by atoms with E-state index in [0.29, 0.717) is 13.1 Å². The third-order valence-electron chi connectivity index (χ3n) is 3.16. The minimum Gasteiger partial charge on any atom is -0.478 e. The van der Waals surface area contributed by atoms with Crippen LogP contribution in [0.1, 0.15) is 29.0 Å². The summed E-state index contributed by atoms with van der Waals surface area (Å²) in [5.74, 6) is -1.00. The first-order chi connectivity index (χ1) is 9.97. The van der Waals surface area contributed by atoms with Crippen molar-refractivity contribution < 1.29 is 18.3 Å². The first-order valence-corrected chi connectivity index (χ1v) is 8.97. The Kier molecular flexibility index (Phi) is 5.51. The summed E-state index contributed by atoms with van der Waals surface area (Å²) in [4.78, 5) is 12.1. The summed E-state index contributed by atoms with van der Waals surface area (Å²) < 4.78 is 28.3. The lowest BCUT2D eigenvalue weighted by molar-refractivity contribution is -0.131. The van der Waals surface area contributed by atoms with Gasteiger partial charge in [0.25, 0.3) is 10.2 Å². The second-order valence-electron chi connectivity index (χ2n) is 4.76. The maximum atomic E-state index is 12.1. The van der Waals surface area contributed by atoms with E-state index in [2.05, 4.69) is 4.72 Å². The van der Waals surface area contributed by atoms with Gasteiger partial charge in [-0.05, 0) is 31.1 Å². The van der Waals surface area contributed by atoms with Crippen molar-refractivity contribution in [1.82, 2.24) is 9.03 Å². The summed E-state index contributed by atoms with van der Waals surface area (Å²) in [5.41, 5.74) is 0. The molecule has 0 atom stereocenters. The largest absolute Gasteiger partial charge is 0.478 e. The zero-order valence-electron chi connectivity index (χ0n) is 11.5. The highest BCUT2D eigenvalue weighted by Crippen LogP contribution is 2.19. The van der Waals surface area contributed by atoms with Crippen LogP contribution in [0.15, 0.2) is 18.2 Å². The van der Waals surface area contributed by atoms with Crippen molar-refractivity contribution in [3.05, 3.63) is 28.0 Å². The normalized spacial score (nSPS) is 17.3. The molecule has 21 heavy (non-hydrogen) atoms. The summed E-state index contributed by atoms with van der Waals surface area (Å²) in [7, 11) is -3.42. The molecule has 1 aromatic heterocycles. The molecule has 1 aliphatic rings. The fourth-order valence-corrected chi connectivity index (χ4v) is 4.30. The Morgan fingerprint density at radius 2 is 2.05 bits per heavy atom. The molecule has 116 valence electrons. The lowest BCUT2D eigenvalue weighted by Crippen LogP contribution is -2.43. The minimum atomic E-state index is -3.42. The van der Waals surface area contributed by atoms with Gasteiger partial charge in [-0.1, -0.05) is 6.42 Å². The Balaban J connectivity index is 1.91. The number of nitrogens with one attached hydrogen (secondary N) is 1. The van der Waals surface area contributed by atoms with E-state index in [1.54, 1.807) is 12.1 Å². The van der Waals surface area contributed by atoms with Gasteiger partial charge in [0.1, 0.15) is 0 Å². The minimum absolute atomic E-state index is 0.227. The van der Waals surface area contributed by atoms with Crippen LogP contribution >= 0.6 is 11.3 Å². The highest BCUT2D eigenvalue weighted by molar-refractivity contribution is 7.87. The van der Waals surface area contributed by atoms with Crippen molar-refractivity contribution >= 4 is 33.6 Å². The van der Waals surface area contributed by atoms with E-state index in [4.69, 9.17) is 5.11 Å². The van der Waals surface area contributed by atoms with Gasteiger partial charge in [-0.25, -0.2) is 4.79 Å². The van der Waals surface area contributed by atoms with Crippen molar-refractivity contribution in [1.29, 1.82) is 0 Å². The second kappa shape index (κ2) is 7.17. The van der Waals surface area contributed by atoms with Gasteiger partial charge in [0.15, 0.2) is 0 Å². The van der Waals surface area contributed by atoms with Gasteiger partial charge in [0, 0.05) is 35.5 Å². The van der Waals surface area contributed by atoms with E-state index in [1.165, 1.54) is 21.7 Å². The second-order valence-corrected chi connectivity index (χ2v) is 7.72. The summed E-state index contributed by atoms with van der Waals surface area (Å²) in [6.07, 6.45) is 5.45. The lowest BCUT2D eigenvalue weighted by Gasteiger charge is -2.25. The molecule has 0 radical (unpaired) electrons. The van der Waals surface area contributed by atoms with Gasteiger partial charge in [0.2, 0.25) is 0 Å². The number of aliphatic carboxylic acids is 1. The van der Waals surface area contributed by atoms with E-state index in [1.807, 2.05) is 0 Å². The average Bonchev–Trinajstić information content (AvgIpc) is 2.92. The molecule has 8 heteroatoms. The number of thiophene rings is 1. The number of hydrogen-bond acceptors (Lipinski definition) is 4. The van der Waals surface area contributed by atoms with Crippen LogP contribution in [0.25, 0.3) is 6.08 Å². The van der Waals surface area contributed by atoms with Crippen molar-refractivity contribution in [2.45, 2.75) is 25.8 Å². The number of carboxylic acid groups (broad SMARTS) is 1. The van der Waals surface area contributed by atoms with E-state index in [0.717, 1.165) is 35.1 Å². The highest BCUT2D eigenvalue weighted by atomic mass is 32.2. The molecule has 2 N–H and O–H groups in total. The van der Waals surface area contributed by atoms with E-state index < -0.39 is 16.2 Å². The van der Waals surface area contributed by atoms with Crippen LogP contribution in [0.3, 0.4) is 0 Å². The van der Waals surface area contributed by atoms with E-state index >= 15 is 0 Å². The Bertz CT molecular complexity index is 616. The molecule has 6 nitrogen and oxygen atoms in total. The molecule has 1 fully saturated rings. The number of nitrogens with zero attached hydrogens (tertiary/aromatic N) is 1. The predicted octanol–water partition coefficient (Wildman–Crippen LogP) is 1.67. The molecular formula is C13H18N2O4S2. The lowest BCUT2D eigenvalue weighted by atomic mass is 10.2. The molecule has 0 unspecified atom stereocenters. The van der Waals surface area contributed by atoms with Crippen molar-refractivity contribution in [2.24, 2.45) is 0 Å². The number of carbonyl (C=O) groups is 1. The smallest absolute Gasteiger partial charge is 0.328 e. The SMILES string of the molecule is O=C(O)C=Cc1ccc(CNS(=O)(=O)N2CCCCC2)s1. The summed E-state index contributed by atoms with van der Waals surface area (Å²) in [6, 6.07) is 3.57. The molecule has 0 saturated carbocycles. The van der Waals surface area contributed by atoms with Gasteiger partial charge in [-0.2, -0.15) is 17.4 Å². The Hall–Kier alpha value is -1.22. The zero-order chi connectivity index (χ0) is 15.3. The molecule has 1 saturated heterocycles. The Morgan fingerprint density at radius 1 is 1.33 bits per heavy atom. The summed E-state index contributed by atoms with van der Waals surface area (Å²) in [6.45, 7) is 1.38. The number of hydrogen-bond donors (Lipinski definition) is 2. The predicted molar refractivity (Wildman–Crippen MR) is 82.2 cm³/mol. The van der Waals surface area contributed by atoms with Crippen LogP contribution in [-0.4, -0.2) is 36.9 Å². The van der Waals surface area contributed by atoms with E-state index in [-0.39, 0.29) is 6.54 Å². The number of piperidine rings is 1. The van der Waals surface area contributed by atoms with Crippen molar-refractivity contribution in [3.63, 3.8) is 0 Å². The van der Waals surface area contributed by atoms with Gasteiger partial charge in [-0.3, -0.25) is 0 Å². The topological polar surface area (TPSA) is 86.7 Å². The summed E-state index contributed by atoms with van der Waals surface area (Å²) in [5, 5.41) is 8.56. The molecule has 0 spiro atoms. The molecule has 0 bridgehead atoms. The fourth-order valence-electron chi connectivity index (χ4n) is 2.09. The van der Waals surface area contributed by atoms with Crippen LogP contribution in [0, 0.1) is 0 Å². The monoisotopic (exact) mass is 330 g/mol. The quantitative estimate of drug-likeness (QED) is 0.777. The van der Waals surface area contributed by atoms with Crippen LogP contribution in [-0.2, 0) is 21.5 Å². The molecule has 0 amide bonds. The van der Waals surface area contributed by atoms with Gasteiger partial charge in [-0.15, -0.1) is 11.3 Å². The number of rotatable bonds is 6. The van der Waals surface area contributed by atoms with Gasteiger partial charge >= 0.3 is 5.97 Å². The van der Waals surface area contributed by atoms with Gasteiger partial charge in [0.05, 0.1) is 0 Å². The molecular weight excluding hydrogens is 312 g/mol. The zero-order valence-corrected chi connectivity index (χ0v) is 13.1. The molecule has 0 aliphatic carbocycles. The Morgan fingerprint density at radius 3 is 2.71 bits per heavy atom. The maximum absolute atomic E-state index is 12.1. The van der Waals surface area contributed by atoms with Crippen LogP contribution in [0.2, 0.25) is 0 Å². The molecule has 2 heterocycles. The highest BCUT2D eigenvalue weighted by Gasteiger charge is 2.23. The first kappa shape index (κ1) is 16.2. The average molecular weight is 330 g/mol. The van der Waals surface area contributed by atoms with E-state index in [9.17, 15) is 13.2 Å². The first-order valence-electron chi connectivity index (χ1n) is 6.72. The third kappa shape index (κ3) is 4.92.